The quantitative estimate of drug-likeness (QED) is 0.516. The van der Waals surface area contributed by atoms with Gasteiger partial charge in [0.1, 0.15) is 6.04 Å². The Morgan fingerprint density at radius 2 is 2.33 bits per heavy atom. The summed E-state index contributed by atoms with van der Waals surface area (Å²) in [6, 6.07) is -1.58. The van der Waals surface area contributed by atoms with Crippen molar-refractivity contribution in [1.29, 1.82) is 0 Å². The first-order valence-corrected chi connectivity index (χ1v) is 6.23. The second kappa shape index (κ2) is 7.03. The van der Waals surface area contributed by atoms with Crippen LogP contribution in [0.1, 0.15) is 5.69 Å². The van der Waals surface area contributed by atoms with Crippen molar-refractivity contribution in [2.75, 3.05) is 6.54 Å². The van der Waals surface area contributed by atoms with E-state index in [0.29, 0.717) is 18.8 Å². The maximum atomic E-state index is 11.7. The zero-order chi connectivity index (χ0) is 15.1. The van der Waals surface area contributed by atoms with Crippen LogP contribution >= 0.6 is 0 Å². The molecule has 0 aromatic carbocycles. The zero-order valence-electron chi connectivity index (χ0n) is 11.1. The summed E-state index contributed by atoms with van der Waals surface area (Å²) in [4.78, 5) is 29.4. The minimum absolute atomic E-state index is 0.131. The first-order valence-electron chi connectivity index (χ1n) is 6.23. The Hall–Kier alpha value is -2.91. The third kappa shape index (κ3) is 4.60. The number of carboxylic acids is 1. The van der Waals surface area contributed by atoms with Crippen molar-refractivity contribution in [3.05, 3.63) is 30.6 Å². The number of hydrogen-bond donors (Lipinski definition) is 4. The molecule has 4 N–H and O–H groups in total. The Labute approximate surface area is 119 Å². The van der Waals surface area contributed by atoms with Crippen LogP contribution in [0.15, 0.2) is 24.9 Å². The number of hydrogen-bond acceptors (Lipinski definition) is 5. The van der Waals surface area contributed by atoms with Crippen LogP contribution in [0.2, 0.25) is 0 Å². The first-order chi connectivity index (χ1) is 10.1. The van der Waals surface area contributed by atoms with Crippen molar-refractivity contribution in [2.24, 2.45) is 0 Å². The van der Waals surface area contributed by atoms with Gasteiger partial charge in [-0.05, 0) is 0 Å². The van der Waals surface area contributed by atoms with Gasteiger partial charge in [0.25, 0.3) is 0 Å². The van der Waals surface area contributed by atoms with Crippen molar-refractivity contribution in [2.45, 2.75) is 19.0 Å². The Morgan fingerprint density at radius 3 is 2.95 bits per heavy atom. The molecule has 2 heterocycles. The van der Waals surface area contributed by atoms with E-state index in [1.165, 1.54) is 18.7 Å². The van der Waals surface area contributed by atoms with Crippen LogP contribution in [-0.4, -0.2) is 54.7 Å². The third-order valence-electron chi connectivity index (χ3n) is 2.68. The van der Waals surface area contributed by atoms with Crippen LogP contribution in [0.5, 0.6) is 0 Å². The van der Waals surface area contributed by atoms with Gasteiger partial charge in [-0.25, -0.2) is 14.6 Å². The third-order valence-corrected chi connectivity index (χ3v) is 2.68. The van der Waals surface area contributed by atoms with Crippen molar-refractivity contribution in [1.82, 2.24) is 35.6 Å². The second-order valence-corrected chi connectivity index (χ2v) is 4.24. The summed E-state index contributed by atoms with van der Waals surface area (Å²) in [7, 11) is 0. The minimum Gasteiger partial charge on any atom is -0.480 e. The molecule has 0 aliphatic carbocycles. The van der Waals surface area contributed by atoms with Gasteiger partial charge in [0, 0.05) is 31.1 Å². The maximum Gasteiger partial charge on any atom is 0.326 e. The Bertz CT molecular complexity index is 567. The summed E-state index contributed by atoms with van der Waals surface area (Å²) >= 11 is 0. The van der Waals surface area contributed by atoms with Crippen LogP contribution < -0.4 is 10.6 Å². The van der Waals surface area contributed by atoms with Gasteiger partial charge in [0.05, 0.1) is 19.1 Å². The molecule has 2 aromatic heterocycles. The number of nitrogens with one attached hydrogen (secondary N) is 3. The van der Waals surface area contributed by atoms with Crippen LogP contribution in [0.25, 0.3) is 0 Å². The lowest BCUT2D eigenvalue weighted by molar-refractivity contribution is -0.139. The molecule has 2 aromatic rings. The summed E-state index contributed by atoms with van der Waals surface area (Å²) in [5, 5.41) is 21.4. The first kappa shape index (κ1) is 14.5. The molecule has 0 fully saturated rings. The van der Waals surface area contributed by atoms with Gasteiger partial charge < -0.3 is 20.7 Å². The van der Waals surface area contributed by atoms with Crippen molar-refractivity contribution in [3.8, 4) is 0 Å². The minimum atomic E-state index is -1.11. The summed E-state index contributed by atoms with van der Waals surface area (Å²) in [6.07, 6.45) is 6.29. The van der Waals surface area contributed by atoms with E-state index in [1.54, 1.807) is 10.9 Å². The fourth-order valence-corrected chi connectivity index (χ4v) is 1.66. The number of carboxylic acid groups (broad SMARTS) is 1. The van der Waals surface area contributed by atoms with Crippen molar-refractivity contribution < 1.29 is 14.7 Å². The molecule has 0 saturated heterocycles. The van der Waals surface area contributed by atoms with Gasteiger partial charge >= 0.3 is 12.0 Å². The van der Waals surface area contributed by atoms with E-state index in [2.05, 4.69) is 30.9 Å². The van der Waals surface area contributed by atoms with Gasteiger partial charge in [-0.1, -0.05) is 5.21 Å². The molecule has 0 saturated carbocycles. The lowest BCUT2D eigenvalue weighted by Crippen LogP contribution is -2.47. The van der Waals surface area contributed by atoms with E-state index in [0.717, 1.165) is 0 Å². The molecule has 1 atom stereocenters. The molecule has 0 spiro atoms. The van der Waals surface area contributed by atoms with Crippen molar-refractivity contribution >= 4 is 12.0 Å². The number of carbonyl (C=O) groups is 2. The maximum absolute atomic E-state index is 11.7. The number of nitrogens with zero attached hydrogens (tertiary/aromatic N) is 4. The summed E-state index contributed by atoms with van der Waals surface area (Å²) in [5.74, 6) is -1.11. The van der Waals surface area contributed by atoms with Crippen LogP contribution in [0.4, 0.5) is 4.79 Å². The van der Waals surface area contributed by atoms with Gasteiger partial charge in [-0.2, -0.15) is 0 Å². The number of aromatic nitrogens is 5. The number of imidazole rings is 1. The fourth-order valence-electron chi connectivity index (χ4n) is 1.66. The van der Waals surface area contributed by atoms with Gasteiger partial charge in [0.2, 0.25) is 0 Å². The molecular weight excluding hydrogens is 278 g/mol. The highest BCUT2D eigenvalue weighted by atomic mass is 16.4. The molecule has 21 heavy (non-hydrogen) atoms. The molecule has 2 rings (SSSR count). The fraction of sp³-hybridized carbons (Fsp3) is 0.364. The lowest BCUT2D eigenvalue weighted by atomic mass is 10.2. The SMILES string of the molecule is O=C(NCCn1ccnn1)N[C@H](Cc1cnc[nH]1)C(=O)O. The predicted molar refractivity (Wildman–Crippen MR) is 70.3 cm³/mol. The highest BCUT2D eigenvalue weighted by molar-refractivity contribution is 5.82. The Balaban J connectivity index is 1.76. The molecule has 10 nitrogen and oxygen atoms in total. The molecular formula is C11H15N7O3. The van der Waals surface area contributed by atoms with E-state index in [-0.39, 0.29) is 6.42 Å². The molecule has 0 aliphatic heterocycles. The number of urea groups is 1. The summed E-state index contributed by atoms with van der Waals surface area (Å²) in [5.41, 5.74) is 0.630. The predicted octanol–water partition coefficient (Wildman–Crippen LogP) is -1.00. The lowest BCUT2D eigenvalue weighted by Gasteiger charge is -2.14. The monoisotopic (exact) mass is 293 g/mol. The standard InChI is InChI=1S/C11H15N7O3/c19-10(20)9(5-8-6-12-7-14-8)16-11(21)13-1-3-18-4-2-15-17-18/h2,4,6-7,9H,1,3,5H2,(H,12,14)(H,19,20)(H2,13,16,21)/t9-/m1/s1. The second-order valence-electron chi connectivity index (χ2n) is 4.24. The van der Waals surface area contributed by atoms with E-state index in [1.807, 2.05) is 0 Å². The number of carbonyl (C=O) groups excluding carboxylic acids is 1. The zero-order valence-corrected chi connectivity index (χ0v) is 11.1. The van der Waals surface area contributed by atoms with E-state index in [9.17, 15) is 9.59 Å². The Morgan fingerprint density at radius 1 is 1.48 bits per heavy atom. The van der Waals surface area contributed by atoms with Crippen LogP contribution in [0, 0.1) is 0 Å². The molecule has 112 valence electrons. The van der Waals surface area contributed by atoms with E-state index in [4.69, 9.17) is 5.11 Å². The molecule has 10 heteroatoms. The van der Waals surface area contributed by atoms with Crippen molar-refractivity contribution in [3.63, 3.8) is 0 Å². The van der Waals surface area contributed by atoms with Gasteiger partial charge in [-0.3, -0.25) is 4.68 Å². The number of aromatic amines is 1. The van der Waals surface area contributed by atoms with Crippen LogP contribution in [0.3, 0.4) is 0 Å². The highest BCUT2D eigenvalue weighted by Crippen LogP contribution is 1.98. The molecule has 0 radical (unpaired) electrons. The van der Waals surface area contributed by atoms with E-state index < -0.39 is 18.0 Å². The normalized spacial score (nSPS) is 11.8. The van der Waals surface area contributed by atoms with Crippen LogP contribution in [-0.2, 0) is 17.8 Å². The summed E-state index contributed by atoms with van der Waals surface area (Å²) < 4.78 is 1.56. The van der Waals surface area contributed by atoms with Gasteiger partial charge in [0.15, 0.2) is 0 Å². The molecule has 2 amide bonds. The topological polar surface area (TPSA) is 138 Å². The average molecular weight is 293 g/mol. The van der Waals surface area contributed by atoms with E-state index >= 15 is 0 Å². The molecule has 0 unspecified atom stereocenters. The number of rotatable bonds is 7. The Kier molecular flexibility index (Phi) is 4.85. The highest BCUT2D eigenvalue weighted by Gasteiger charge is 2.20. The largest absolute Gasteiger partial charge is 0.480 e. The number of H-pyrrole nitrogens is 1. The number of aliphatic carboxylic acids is 1. The molecule has 0 bridgehead atoms. The van der Waals surface area contributed by atoms with Gasteiger partial charge in [-0.15, -0.1) is 5.10 Å². The summed E-state index contributed by atoms with van der Waals surface area (Å²) in [6.45, 7) is 0.761. The number of amides is 2. The molecule has 0 aliphatic rings. The smallest absolute Gasteiger partial charge is 0.326 e. The average Bonchev–Trinajstić information content (AvgIpc) is 3.10.